The van der Waals surface area contributed by atoms with E-state index in [1.165, 1.54) is 28.7 Å². The Morgan fingerprint density at radius 3 is 1.66 bits per heavy atom. The van der Waals surface area contributed by atoms with Crippen LogP contribution in [0.1, 0.15) is 86.2 Å². The monoisotopic (exact) mass is 1080 g/mol. The van der Waals surface area contributed by atoms with E-state index in [0.717, 1.165) is 23.4 Å². The van der Waals surface area contributed by atoms with Gasteiger partial charge in [-0.1, -0.05) is 60.7 Å². The fourth-order valence-corrected chi connectivity index (χ4v) is 8.55. The molecule has 1 aromatic carbocycles. The highest BCUT2D eigenvalue weighted by atomic mass is 32.1. The maximum Gasteiger partial charge on any atom is 0.328 e. The Hall–Kier alpha value is -9.16. The zero-order chi connectivity index (χ0) is 55.3. The van der Waals surface area contributed by atoms with Crippen LogP contribution in [-0.4, -0.2) is 114 Å². The number of aromatic amines is 1. The van der Waals surface area contributed by atoms with Crippen molar-refractivity contribution >= 4 is 76.2 Å². The molecule has 0 aliphatic carbocycles. The molecular weight excluding hydrogens is 1030 g/mol. The largest absolute Gasteiger partial charge is 0.480 e. The molecule has 24 heteroatoms. The molecule has 0 spiro atoms. The second kappa shape index (κ2) is 28.5. The lowest BCUT2D eigenvalue weighted by Gasteiger charge is -2.17. The number of carboxylic acids is 2. The maximum atomic E-state index is 12.9. The van der Waals surface area contributed by atoms with Crippen LogP contribution in [0.5, 0.6) is 5.88 Å². The summed E-state index contributed by atoms with van der Waals surface area (Å²) in [6.07, 6.45) is 5.09. The van der Waals surface area contributed by atoms with Gasteiger partial charge < -0.3 is 51.8 Å². The third kappa shape index (κ3) is 17.7. The number of rotatable bonds is 24. The Morgan fingerprint density at radius 1 is 0.623 bits per heavy atom. The lowest BCUT2D eigenvalue weighted by molar-refractivity contribution is -0.140. The summed E-state index contributed by atoms with van der Waals surface area (Å²) < 4.78 is 5.78. The smallest absolute Gasteiger partial charge is 0.328 e. The van der Waals surface area contributed by atoms with Gasteiger partial charge in [-0.2, -0.15) is 0 Å². The summed E-state index contributed by atoms with van der Waals surface area (Å²) in [7, 11) is 0. The van der Waals surface area contributed by atoms with Crippen LogP contribution >= 0.6 is 22.7 Å². The van der Waals surface area contributed by atoms with Crippen LogP contribution in [0.4, 0.5) is 11.9 Å². The number of pyridine rings is 2. The number of amides is 4. The van der Waals surface area contributed by atoms with E-state index in [1.54, 1.807) is 74.9 Å². The molecule has 0 fully saturated rings. The average molecular weight is 1090 g/mol. The van der Waals surface area contributed by atoms with Gasteiger partial charge in [-0.25, -0.2) is 34.5 Å². The Kier molecular flexibility index (Phi) is 21.1. The van der Waals surface area contributed by atoms with Crippen LogP contribution < -0.4 is 42.2 Å². The SMILES string of the molecule is Cc1nc(NC/C=C/c2cccc(OCc3ccccc3)n2)nc(C)c1C(=O)N[C@@H](CNC(=O)c1cccs1)C(=O)O.Cc1nc(NCCCc2cccc(=O)[nH]2)nc(C)c1C(=O)N[C@@H](CNC(=O)c1cccs1)C(=O)O. The predicted octanol–water partition coefficient (Wildman–Crippen LogP) is 5.37. The van der Waals surface area contributed by atoms with E-state index < -0.39 is 47.7 Å². The molecule has 22 nitrogen and oxygen atoms in total. The molecule has 0 bridgehead atoms. The normalized spacial score (nSPS) is 11.5. The number of anilines is 2. The maximum absolute atomic E-state index is 12.9. The van der Waals surface area contributed by atoms with E-state index in [9.17, 15) is 43.8 Å². The van der Waals surface area contributed by atoms with Crippen LogP contribution in [0, 0.1) is 27.7 Å². The molecule has 0 saturated carbocycles. The van der Waals surface area contributed by atoms with E-state index in [4.69, 9.17) is 4.74 Å². The minimum absolute atomic E-state index is 0.145. The third-order valence-electron chi connectivity index (χ3n) is 11.0. The first-order valence-electron chi connectivity index (χ1n) is 23.9. The fourth-order valence-electron chi connectivity index (χ4n) is 7.27. The molecule has 2 atom stereocenters. The molecule has 77 heavy (non-hydrogen) atoms. The van der Waals surface area contributed by atoms with Crippen molar-refractivity contribution in [2.45, 2.75) is 59.2 Å². The van der Waals surface area contributed by atoms with E-state index in [1.807, 2.05) is 60.7 Å². The molecule has 0 saturated heterocycles. The molecule has 0 radical (unpaired) electrons. The second-order valence-corrected chi connectivity index (χ2v) is 18.7. The van der Waals surface area contributed by atoms with Gasteiger partial charge in [-0.3, -0.25) is 24.0 Å². The van der Waals surface area contributed by atoms with Gasteiger partial charge >= 0.3 is 11.9 Å². The second-order valence-electron chi connectivity index (χ2n) is 16.8. The average Bonchev–Trinajstić information content (AvgIpc) is 4.16. The summed E-state index contributed by atoms with van der Waals surface area (Å²) in [5, 5.41) is 38.7. The zero-order valence-corrected chi connectivity index (χ0v) is 43.9. The van der Waals surface area contributed by atoms with Crippen molar-refractivity contribution in [1.82, 2.24) is 51.2 Å². The molecule has 9 N–H and O–H groups in total. The molecule has 7 rings (SSSR count). The van der Waals surface area contributed by atoms with E-state index >= 15 is 0 Å². The molecule has 0 aliphatic heterocycles. The number of ether oxygens (including phenoxy) is 1. The van der Waals surface area contributed by atoms with Crippen LogP contribution in [0.3, 0.4) is 0 Å². The van der Waals surface area contributed by atoms with Crippen LogP contribution in [0.25, 0.3) is 6.08 Å². The standard InChI is InChI=1S/C30H30N6O5S.C23H26N6O5S/c1-19-26(28(38)36-23(29(39)40)17-32-27(37)24-13-8-16-42-24)20(2)34-30(33-19)31-15-7-12-22-11-6-14-25(35-22)41-18-21-9-4-3-5-10-21;1-13-19(21(32)29-16(22(33)34)12-25-20(31)17-8-5-11-35-17)14(2)27-23(26-13)24-10-4-7-15-6-3-9-18(30)28-15/h3-14,16,23H,15,17-18H2,1-2H3,(H,32,37)(H,36,38)(H,39,40)(H,31,33,34);3,5-6,8-9,11,16H,4,7,10,12H2,1-2H3,(H,25,31)(H,28,30)(H,29,32)(H,33,34)(H,24,26,27)/b12-7+;/t23-;16-/m00/s1. The van der Waals surface area contributed by atoms with Crippen molar-refractivity contribution in [3.8, 4) is 5.88 Å². The number of thiophene rings is 2. The molecule has 6 heterocycles. The molecule has 6 aromatic heterocycles. The van der Waals surface area contributed by atoms with Crippen molar-refractivity contribution in [1.29, 1.82) is 0 Å². The van der Waals surface area contributed by atoms with E-state index in [0.29, 0.717) is 76.4 Å². The Labute approximate surface area is 449 Å². The van der Waals surface area contributed by atoms with Crippen molar-refractivity contribution in [2.75, 3.05) is 36.8 Å². The quantitative estimate of drug-likeness (QED) is 0.0344. The van der Waals surface area contributed by atoms with E-state index in [-0.39, 0.29) is 29.8 Å². The van der Waals surface area contributed by atoms with Crippen molar-refractivity contribution in [3.63, 3.8) is 0 Å². The number of aromatic nitrogens is 6. The van der Waals surface area contributed by atoms with E-state index in [2.05, 4.69) is 61.8 Å². The third-order valence-corrected chi connectivity index (χ3v) is 12.7. The number of hydrogen-bond acceptors (Lipinski definition) is 17. The van der Waals surface area contributed by atoms with Gasteiger partial charge in [-0.05, 0) is 87.2 Å². The van der Waals surface area contributed by atoms with Crippen LogP contribution in [0.2, 0.25) is 0 Å². The molecule has 4 amide bonds. The number of hydrogen-bond donors (Lipinski definition) is 9. The summed E-state index contributed by atoms with van der Waals surface area (Å²) >= 11 is 2.46. The molecule has 400 valence electrons. The minimum atomic E-state index is -1.33. The van der Waals surface area contributed by atoms with Gasteiger partial charge in [0.05, 0.1) is 49.4 Å². The topological polar surface area (TPSA) is 322 Å². The number of carbonyl (C=O) groups is 6. The number of nitrogens with one attached hydrogen (secondary N) is 7. The number of carbonyl (C=O) groups excluding carboxylic acids is 4. The van der Waals surface area contributed by atoms with Gasteiger partial charge in [0.15, 0.2) is 0 Å². The summed E-state index contributed by atoms with van der Waals surface area (Å²) in [6, 6.07) is 24.4. The number of aryl methyl sites for hydroxylation is 5. The van der Waals surface area contributed by atoms with Gasteiger partial charge in [0.2, 0.25) is 23.3 Å². The number of nitrogens with zero attached hydrogens (tertiary/aromatic N) is 5. The van der Waals surface area contributed by atoms with Crippen LogP contribution in [-0.2, 0) is 22.6 Å². The first-order chi connectivity index (χ1) is 37.0. The molecular formula is C53H56N12O10S2. The number of benzene rings is 1. The molecule has 0 unspecified atom stereocenters. The summed E-state index contributed by atoms with van der Waals surface area (Å²) in [5.74, 6) is -3.48. The first kappa shape index (κ1) is 57.1. The number of aliphatic carboxylic acids is 2. The van der Waals surface area contributed by atoms with Gasteiger partial charge in [-0.15, -0.1) is 22.7 Å². The van der Waals surface area contributed by atoms with Crippen molar-refractivity contribution in [3.05, 3.63) is 179 Å². The highest BCUT2D eigenvalue weighted by Gasteiger charge is 2.26. The Balaban J connectivity index is 0.000000254. The highest BCUT2D eigenvalue weighted by Crippen LogP contribution is 2.17. The summed E-state index contributed by atoms with van der Waals surface area (Å²) in [4.78, 5) is 110. The van der Waals surface area contributed by atoms with Crippen molar-refractivity contribution < 1.29 is 43.7 Å². The number of H-pyrrole nitrogens is 1. The highest BCUT2D eigenvalue weighted by molar-refractivity contribution is 7.12. The van der Waals surface area contributed by atoms with Gasteiger partial charge in [0.25, 0.3) is 23.6 Å². The Morgan fingerprint density at radius 2 is 1.16 bits per heavy atom. The minimum Gasteiger partial charge on any atom is -0.480 e. The van der Waals surface area contributed by atoms with Crippen LogP contribution in [0.15, 0.2) is 113 Å². The predicted molar refractivity (Wildman–Crippen MR) is 291 cm³/mol. The molecule has 0 aliphatic rings. The van der Waals surface area contributed by atoms with Crippen molar-refractivity contribution in [2.24, 2.45) is 0 Å². The summed E-state index contributed by atoms with van der Waals surface area (Å²) in [6.45, 7) is 7.38. The van der Waals surface area contributed by atoms with Gasteiger partial charge in [0, 0.05) is 44.0 Å². The Bertz CT molecular complexity index is 3200. The number of carboxylic acid groups (broad SMARTS) is 2. The summed E-state index contributed by atoms with van der Waals surface area (Å²) in [5.41, 5.74) is 4.34. The first-order valence-corrected chi connectivity index (χ1v) is 25.7. The molecule has 7 aromatic rings. The van der Waals surface area contributed by atoms with Gasteiger partial charge in [0.1, 0.15) is 18.7 Å². The lowest BCUT2D eigenvalue weighted by atomic mass is 10.1. The lowest BCUT2D eigenvalue weighted by Crippen LogP contribution is -2.48. The zero-order valence-electron chi connectivity index (χ0n) is 42.3. The fraction of sp³-hybridized carbons (Fsp3) is 0.245.